The fourth-order valence-corrected chi connectivity index (χ4v) is 6.88. The molecular weight excluding hydrogens is 520 g/mol. The number of hydrogen-bond acceptors (Lipinski definition) is 6. The smallest absolute Gasteiger partial charge is 0.325 e. The van der Waals surface area contributed by atoms with E-state index in [1.165, 1.54) is 6.07 Å². The molecule has 0 saturated heterocycles. The summed E-state index contributed by atoms with van der Waals surface area (Å²) in [5.74, 6) is -1.20. The van der Waals surface area contributed by atoms with Gasteiger partial charge in [0.2, 0.25) is 0 Å². The van der Waals surface area contributed by atoms with Crippen LogP contribution in [0.15, 0.2) is 64.9 Å². The highest BCUT2D eigenvalue weighted by molar-refractivity contribution is 7.91. The number of rotatable bonds is 10. The van der Waals surface area contributed by atoms with Crippen molar-refractivity contribution in [2.45, 2.75) is 48.4 Å². The Morgan fingerprint density at radius 3 is 2.50 bits per heavy atom. The normalized spacial score (nSPS) is 19.7. The fourth-order valence-electron chi connectivity index (χ4n) is 4.04. The van der Waals surface area contributed by atoms with Crippen LogP contribution in [0.4, 0.5) is 0 Å². The van der Waals surface area contributed by atoms with Crippen LogP contribution in [0.2, 0.25) is 5.02 Å². The molecular formula is C26H29ClN2O5S2. The number of sulfonamides is 1. The Morgan fingerprint density at radius 2 is 1.83 bits per heavy atom. The molecule has 1 fully saturated rings. The first-order valence-electron chi connectivity index (χ1n) is 11.5. The Balaban J connectivity index is 1.52. The number of halogens is 1. The number of thiophene rings is 1. The number of carbonyl (C=O) groups is 1. The van der Waals surface area contributed by atoms with Gasteiger partial charge in [0.05, 0.1) is 0 Å². The van der Waals surface area contributed by atoms with E-state index in [-0.39, 0.29) is 16.2 Å². The predicted octanol–water partition coefficient (Wildman–Crippen LogP) is 5.12. The third-order valence-corrected chi connectivity index (χ3v) is 9.33. The molecule has 36 heavy (non-hydrogen) atoms. The van der Waals surface area contributed by atoms with Gasteiger partial charge in [0, 0.05) is 27.9 Å². The van der Waals surface area contributed by atoms with Crippen LogP contribution in [-0.4, -0.2) is 43.7 Å². The number of aliphatic carboxylic acids is 1. The van der Waals surface area contributed by atoms with Crippen LogP contribution in [0.25, 0.3) is 10.4 Å². The SMILES string of the molecule is CC(C)(C)NCCOc1ccccc1C1CC1(NS(=O)(=O)c1ccc(-c2ccc(Cl)cc2)s1)C(=O)O. The first-order chi connectivity index (χ1) is 16.9. The van der Waals surface area contributed by atoms with Gasteiger partial charge >= 0.3 is 5.97 Å². The number of nitrogens with one attached hydrogen (secondary N) is 2. The standard InChI is InChI=1S/C26H29ClN2O5S2/c1-25(2,3)28-14-15-34-21-7-5-4-6-19(21)20-16-26(20,24(30)31)29-36(32,33)23-13-12-22(35-23)17-8-10-18(27)11-9-17/h4-13,20,28-29H,14-16H2,1-3H3,(H,30,31). The second-order valence-electron chi connectivity index (χ2n) is 9.83. The maximum absolute atomic E-state index is 13.2. The number of benzene rings is 2. The van der Waals surface area contributed by atoms with E-state index < -0.39 is 27.4 Å². The highest BCUT2D eigenvalue weighted by Gasteiger charge is 2.64. The molecule has 1 aliphatic rings. The minimum Gasteiger partial charge on any atom is -0.492 e. The number of hydrogen-bond donors (Lipinski definition) is 3. The van der Waals surface area contributed by atoms with Crippen molar-refractivity contribution in [3.05, 3.63) is 71.2 Å². The Kier molecular flexibility index (Phi) is 7.50. The van der Waals surface area contributed by atoms with Gasteiger partial charge in [-0.15, -0.1) is 11.3 Å². The summed E-state index contributed by atoms with van der Waals surface area (Å²) < 4.78 is 35.0. The van der Waals surface area contributed by atoms with E-state index in [1.807, 2.05) is 18.2 Å². The Hall–Kier alpha value is -2.43. The van der Waals surface area contributed by atoms with Crippen LogP contribution in [0.3, 0.4) is 0 Å². The molecule has 3 aromatic rings. The first kappa shape index (κ1) is 26.6. The number of carboxylic acid groups (broad SMARTS) is 1. The van der Waals surface area contributed by atoms with Gasteiger partial charge in [0.1, 0.15) is 22.1 Å². The molecule has 3 N–H and O–H groups in total. The molecule has 0 amide bonds. The first-order valence-corrected chi connectivity index (χ1v) is 14.2. The van der Waals surface area contributed by atoms with E-state index in [2.05, 4.69) is 30.8 Å². The monoisotopic (exact) mass is 548 g/mol. The van der Waals surface area contributed by atoms with Crippen molar-refractivity contribution in [1.82, 2.24) is 10.0 Å². The zero-order valence-corrected chi connectivity index (χ0v) is 22.6. The fraction of sp³-hybridized carbons (Fsp3) is 0.346. The molecule has 0 radical (unpaired) electrons. The van der Waals surface area contributed by atoms with Crippen molar-refractivity contribution in [3.8, 4) is 16.2 Å². The van der Waals surface area contributed by atoms with Gasteiger partial charge < -0.3 is 15.2 Å². The molecule has 2 aromatic carbocycles. The van der Waals surface area contributed by atoms with Crippen LogP contribution in [0.1, 0.15) is 38.7 Å². The molecule has 1 heterocycles. The zero-order chi connectivity index (χ0) is 26.1. The lowest BCUT2D eigenvalue weighted by Crippen LogP contribution is -2.44. The number of ether oxygens (including phenoxy) is 1. The molecule has 4 rings (SSSR count). The van der Waals surface area contributed by atoms with Gasteiger partial charge in [-0.1, -0.05) is 41.9 Å². The Bertz CT molecular complexity index is 1350. The second kappa shape index (κ2) is 10.1. The molecule has 2 unspecified atom stereocenters. The van der Waals surface area contributed by atoms with Crippen molar-refractivity contribution in [2.75, 3.05) is 13.2 Å². The van der Waals surface area contributed by atoms with Gasteiger partial charge in [-0.25, -0.2) is 8.42 Å². The summed E-state index contributed by atoms with van der Waals surface area (Å²) in [4.78, 5) is 13.1. The van der Waals surface area contributed by atoms with Crippen molar-refractivity contribution in [3.63, 3.8) is 0 Å². The molecule has 10 heteroatoms. The third-order valence-electron chi connectivity index (χ3n) is 5.94. The van der Waals surface area contributed by atoms with E-state index in [9.17, 15) is 18.3 Å². The molecule has 7 nitrogen and oxygen atoms in total. The van der Waals surface area contributed by atoms with Crippen LogP contribution >= 0.6 is 22.9 Å². The van der Waals surface area contributed by atoms with Crippen LogP contribution in [0.5, 0.6) is 5.75 Å². The molecule has 192 valence electrons. The van der Waals surface area contributed by atoms with E-state index >= 15 is 0 Å². The minimum absolute atomic E-state index is 0.0503. The average molecular weight is 549 g/mol. The Labute approximate surface area is 220 Å². The topological polar surface area (TPSA) is 105 Å². The van der Waals surface area contributed by atoms with Crippen LogP contribution in [0, 0.1) is 0 Å². The molecule has 1 saturated carbocycles. The van der Waals surface area contributed by atoms with Crippen molar-refractivity contribution in [2.24, 2.45) is 0 Å². The van der Waals surface area contributed by atoms with E-state index in [0.717, 1.165) is 21.8 Å². The summed E-state index contributed by atoms with van der Waals surface area (Å²) >= 11 is 7.02. The second-order valence-corrected chi connectivity index (χ2v) is 13.3. The van der Waals surface area contributed by atoms with Gasteiger partial charge in [-0.05, 0) is 68.7 Å². The molecule has 1 aromatic heterocycles. The highest BCUT2D eigenvalue weighted by atomic mass is 35.5. The molecule has 2 atom stereocenters. The zero-order valence-electron chi connectivity index (χ0n) is 20.2. The van der Waals surface area contributed by atoms with Gasteiger partial charge in [0.25, 0.3) is 10.0 Å². The molecule has 0 spiro atoms. The van der Waals surface area contributed by atoms with Crippen LogP contribution in [-0.2, 0) is 14.8 Å². The summed E-state index contributed by atoms with van der Waals surface area (Å²) in [5, 5.41) is 14.0. The van der Waals surface area contributed by atoms with Crippen molar-refractivity contribution < 1.29 is 23.1 Å². The van der Waals surface area contributed by atoms with Gasteiger partial charge in [-0.3, -0.25) is 4.79 Å². The lowest BCUT2D eigenvalue weighted by Gasteiger charge is -2.21. The number of para-hydroxylation sites is 1. The summed E-state index contributed by atoms with van der Waals surface area (Å²) in [6, 6.07) is 17.5. The largest absolute Gasteiger partial charge is 0.492 e. The maximum atomic E-state index is 13.2. The summed E-state index contributed by atoms with van der Waals surface area (Å²) in [7, 11) is -4.08. The lowest BCUT2D eigenvalue weighted by atomic mass is 10.1. The van der Waals surface area contributed by atoms with Crippen LogP contribution < -0.4 is 14.8 Å². The summed E-state index contributed by atoms with van der Waals surface area (Å²) in [6.07, 6.45) is 0.137. The van der Waals surface area contributed by atoms with Gasteiger partial charge in [0.15, 0.2) is 0 Å². The van der Waals surface area contributed by atoms with E-state index in [0.29, 0.717) is 29.5 Å². The van der Waals surface area contributed by atoms with E-state index in [1.54, 1.807) is 36.4 Å². The Morgan fingerprint density at radius 1 is 1.14 bits per heavy atom. The lowest BCUT2D eigenvalue weighted by molar-refractivity contribution is -0.140. The maximum Gasteiger partial charge on any atom is 0.325 e. The van der Waals surface area contributed by atoms with Crippen molar-refractivity contribution >= 4 is 38.9 Å². The average Bonchev–Trinajstić information content (AvgIpc) is 3.29. The summed E-state index contributed by atoms with van der Waals surface area (Å²) in [5.41, 5.74) is -0.181. The molecule has 1 aliphatic carbocycles. The number of carboxylic acids is 1. The summed E-state index contributed by atoms with van der Waals surface area (Å²) in [6.45, 7) is 7.20. The minimum atomic E-state index is -4.08. The highest BCUT2D eigenvalue weighted by Crippen LogP contribution is 2.55. The molecule has 0 bridgehead atoms. The van der Waals surface area contributed by atoms with Crippen molar-refractivity contribution in [1.29, 1.82) is 0 Å². The predicted molar refractivity (Wildman–Crippen MR) is 143 cm³/mol. The third kappa shape index (κ3) is 5.92. The quantitative estimate of drug-likeness (QED) is 0.304. The van der Waals surface area contributed by atoms with Gasteiger partial charge in [-0.2, -0.15) is 4.72 Å². The molecule has 0 aliphatic heterocycles. The van der Waals surface area contributed by atoms with E-state index in [4.69, 9.17) is 16.3 Å².